The van der Waals surface area contributed by atoms with Gasteiger partial charge >= 0.3 is 5.63 Å². The van der Waals surface area contributed by atoms with E-state index in [2.05, 4.69) is 5.32 Å². The van der Waals surface area contributed by atoms with Gasteiger partial charge in [-0.15, -0.1) is 0 Å². The number of carboxylic acid groups (broad SMARTS) is 1. The van der Waals surface area contributed by atoms with Crippen LogP contribution in [0.4, 0.5) is 0 Å². The Labute approximate surface area is 200 Å². The summed E-state index contributed by atoms with van der Waals surface area (Å²) in [6.07, 6.45) is -0.304. The van der Waals surface area contributed by atoms with Gasteiger partial charge in [0.15, 0.2) is 0 Å². The van der Waals surface area contributed by atoms with Crippen LogP contribution in [-0.4, -0.2) is 17.9 Å². The molecule has 2 aromatic carbocycles. The first-order valence-electron chi connectivity index (χ1n) is 10.8. The van der Waals surface area contributed by atoms with Crippen molar-refractivity contribution in [1.29, 1.82) is 0 Å². The zero-order valence-electron chi connectivity index (χ0n) is 19.2. The molecule has 1 atom stereocenters. The standard InChI is InChI=1S/C26H24ClNO6/c1-12-15(4)33-23-14(3)24-19(10-18(12)23)13(2)20(26(32)34-24)11-22(29)28-21(25(30)31)9-16-5-7-17(27)8-6-16/h5-8,10,21H,9,11H2,1-4H3,(H,28,29)(H,30,31)/p-1/t21-/m0/s1. The molecule has 0 aliphatic rings. The molecule has 0 saturated carbocycles. The maximum atomic E-state index is 12.8. The Kier molecular flexibility index (Phi) is 6.23. The highest BCUT2D eigenvalue weighted by molar-refractivity contribution is 6.30. The van der Waals surface area contributed by atoms with Crippen molar-refractivity contribution in [3.05, 3.63) is 79.4 Å². The van der Waals surface area contributed by atoms with Gasteiger partial charge in [-0.1, -0.05) is 23.7 Å². The molecular formula is C26H23ClNO6-. The van der Waals surface area contributed by atoms with E-state index in [0.717, 1.165) is 16.7 Å². The smallest absolute Gasteiger partial charge is 0.340 e. The summed E-state index contributed by atoms with van der Waals surface area (Å²) >= 11 is 5.87. The molecule has 1 N–H and O–H groups in total. The van der Waals surface area contributed by atoms with Gasteiger partial charge in [0, 0.05) is 21.4 Å². The second-order valence-corrected chi connectivity index (χ2v) is 8.91. The van der Waals surface area contributed by atoms with E-state index in [-0.39, 0.29) is 18.4 Å². The third-order valence-corrected chi connectivity index (χ3v) is 6.51. The Morgan fingerprint density at radius 3 is 2.24 bits per heavy atom. The molecule has 0 aliphatic heterocycles. The number of aliphatic carboxylic acids is 1. The third-order valence-electron chi connectivity index (χ3n) is 6.25. The number of aryl methyl sites for hydroxylation is 4. The van der Waals surface area contributed by atoms with Crippen LogP contribution in [0.5, 0.6) is 0 Å². The number of amides is 1. The molecule has 0 aliphatic carbocycles. The van der Waals surface area contributed by atoms with E-state index in [0.29, 0.717) is 38.3 Å². The Morgan fingerprint density at radius 2 is 1.59 bits per heavy atom. The molecule has 0 saturated heterocycles. The van der Waals surface area contributed by atoms with E-state index in [1.54, 1.807) is 31.2 Å². The van der Waals surface area contributed by atoms with Crippen molar-refractivity contribution in [3.8, 4) is 0 Å². The molecule has 4 rings (SSSR count). The number of benzene rings is 2. The molecule has 2 heterocycles. The van der Waals surface area contributed by atoms with Gasteiger partial charge in [-0.25, -0.2) is 4.79 Å². The van der Waals surface area contributed by atoms with Crippen molar-refractivity contribution in [2.24, 2.45) is 0 Å². The topological polar surface area (TPSA) is 113 Å². The van der Waals surface area contributed by atoms with E-state index in [1.807, 2.05) is 26.8 Å². The van der Waals surface area contributed by atoms with Crippen LogP contribution < -0.4 is 16.0 Å². The minimum absolute atomic E-state index is 0.0207. The van der Waals surface area contributed by atoms with Crippen LogP contribution in [0.15, 0.2) is 44.0 Å². The Bertz CT molecular complexity index is 1500. The number of carbonyl (C=O) groups excluding carboxylic acids is 2. The number of rotatable bonds is 6. The number of nitrogens with one attached hydrogen (secondary N) is 1. The van der Waals surface area contributed by atoms with Crippen molar-refractivity contribution in [2.75, 3.05) is 0 Å². The number of fused-ring (bicyclic) bond motifs is 2. The first-order chi connectivity index (χ1) is 16.1. The zero-order valence-corrected chi connectivity index (χ0v) is 20.0. The zero-order chi connectivity index (χ0) is 24.7. The summed E-state index contributed by atoms with van der Waals surface area (Å²) in [6, 6.07) is 7.26. The lowest BCUT2D eigenvalue weighted by atomic mass is 9.98. The predicted molar refractivity (Wildman–Crippen MR) is 127 cm³/mol. The fourth-order valence-corrected chi connectivity index (χ4v) is 4.28. The Morgan fingerprint density at radius 1 is 0.971 bits per heavy atom. The summed E-state index contributed by atoms with van der Waals surface area (Å²) in [5, 5.41) is 16.2. The minimum atomic E-state index is -1.42. The van der Waals surface area contributed by atoms with Crippen LogP contribution in [0, 0.1) is 27.7 Å². The van der Waals surface area contributed by atoms with Crippen LogP contribution in [0.2, 0.25) is 5.02 Å². The van der Waals surface area contributed by atoms with Crippen molar-refractivity contribution in [2.45, 2.75) is 46.6 Å². The lowest BCUT2D eigenvalue weighted by molar-refractivity contribution is -0.308. The lowest BCUT2D eigenvalue weighted by Crippen LogP contribution is -2.49. The van der Waals surface area contributed by atoms with Gasteiger partial charge in [0.1, 0.15) is 16.9 Å². The molecule has 176 valence electrons. The van der Waals surface area contributed by atoms with E-state index in [9.17, 15) is 19.5 Å². The monoisotopic (exact) mass is 480 g/mol. The molecule has 0 radical (unpaired) electrons. The summed E-state index contributed by atoms with van der Waals surface area (Å²) in [5.74, 6) is -1.26. The highest BCUT2D eigenvalue weighted by atomic mass is 35.5. The molecule has 4 aromatic rings. The largest absolute Gasteiger partial charge is 0.548 e. The number of furan rings is 1. The maximum Gasteiger partial charge on any atom is 0.340 e. The lowest BCUT2D eigenvalue weighted by Gasteiger charge is -2.20. The van der Waals surface area contributed by atoms with Crippen LogP contribution in [0.25, 0.3) is 21.9 Å². The average molecular weight is 481 g/mol. The molecule has 34 heavy (non-hydrogen) atoms. The fourth-order valence-electron chi connectivity index (χ4n) is 4.15. The summed E-state index contributed by atoms with van der Waals surface area (Å²) in [6.45, 7) is 7.40. The molecule has 0 unspecified atom stereocenters. The number of hydrogen-bond donors (Lipinski definition) is 1. The second kappa shape index (κ2) is 8.99. The summed E-state index contributed by atoms with van der Waals surface area (Å²) in [5.41, 5.74) is 3.56. The minimum Gasteiger partial charge on any atom is -0.548 e. The molecule has 0 bridgehead atoms. The van der Waals surface area contributed by atoms with Gasteiger partial charge in [-0.2, -0.15) is 0 Å². The second-order valence-electron chi connectivity index (χ2n) is 8.48. The van der Waals surface area contributed by atoms with E-state index < -0.39 is 23.5 Å². The van der Waals surface area contributed by atoms with Crippen LogP contribution in [0.1, 0.15) is 33.6 Å². The van der Waals surface area contributed by atoms with Crippen molar-refractivity contribution < 1.29 is 23.5 Å². The summed E-state index contributed by atoms with van der Waals surface area (Å²) in [7, 11) is 0. The van der Waals surface area contributed by atoms with Gasteiger partial charge < -0.3 is 24.1 Å². The van der Waals surface area contributed by atoms with E-state index >= 15 is 0 Å². The Balaban J connectivity index is 1.65. The first kappa shape index (κ1) is 23.6. The molecule has 8 heteroatoms. The van der Waals surface area contributed by atoms with Crippen molar-refractivity contribution >= 4 is 45.4 Å². The van der Waals surface area contributed by atoms with Gasteiger partial charge in [-0.3, -0.25) is 4.79 Å². The average Bonchev–Trinajstić information content (AvgIpc) is 3.07. The molecule has 2 aromatic heterocycles. The molecule has 7 nitrogen and oxygen atoms in total. The summed E-state index contributed by atoms with van der Waals surface area (Å²) < 4.78 is 11.4. The highest BCUT2D eigenvalue weighted by Gasteiger charge is 2.21. The molecule has 0 spiro atoms. The van der Waals surface area contributed by atoms with Crippen LogP contribution in [-0.2, 0) is 22.4 Å². The van der Waals surface area contributed by atoms with Crippen LogP contribution in [0.3, 0.4) is 0 Å². The van der Waals surface area contributed by atoms with Crippen molar-refractivity contribution in [1.82, 2.24) is 5.32 Å². The van der Waals surface area contributed by atoms with Gasteiger partial charge in [0.05, 0.1) is 24.0 Å². The Hall–Kier alpha value is -3.58. The van der Waals surface area contributed by atoms with Crippen molar-refractivity contribution in [3.63, 3.8) is 0 Å². The number of carbonyl (C=O) groups is 2. The first-order valence-corrected chi connectivity index (χ1v) is 11.1. The maximum absolute atomic E-state index is 12.8. The number of halogens is 1. The fraction of sp³-hybridized carbons (Fsp3) is 0.269. The normalized spacial score (nSPS) is 12.3. The highest BCUT2D eigenvalue weighted by Crippen LogP contribution is 2.34. The summed E-state index contributed by atoms with van der Waals surface area (Å²) in [4.78, 5) is 37.1. The number of hydrogen-bond acceptors (Lipinski definition) is 6. The number of carboxylic acids is 1. The van der Waals surface area contributed by atoms with E-state index in [4.69, 9.17) is 20.4 Å². The molecule has 1 amide bonds. The molecular weight excluding hydrogens is 458 g/mol. The molecule has 0 fully saturated rings. The van der Waals surface area contributed by atoms with E-state index in [1.165, 1.54) is 0 Å². The van der Waals surface area contributed by atoms with Crippen LogP contribution >= 0.6 is 11.6 Å². The van der Waals surface area contributed by atoms with Gasteiger partial charge in [0.2, 0.25) is 5.91 Å². The predicted octanol–water partition coefficient (Wildman–Crippen LogP) is 3.45. The van der Waals surface area contributed by atoms with Gasteiger partial charge in [-0.05, 0) is 69.0 Å². The SMILES string of the molecule is Cc1oc2c(C)c3oc(=O)c(CC(=O)N[C@@H](Cc4ccc(Cl)cc4)C(=O)[O-])c(C)c3cc2c1C. The third kappa shape index (κ3) is 4.31. The van der Waals surface area contributed by atoms with Gasteiger partial charge in [0.25, 0.3) is 0 Å². The quantitative estimate of drug-likeness (QED) is 0.423.